The van der Waals surface area contributed by atoms with Crippen LogP contribution in [-0.4, -0.2) is 47.7 Å². The van der Waals surface area contributed by atoms with Gasteiger partial charge in [0.25, 0.3) is 5.69 Å². The smallest absolute Gasteiger partial charge is 0.343 e. The first-order chi connectivity index (χ1) is 13.8. The molecule has 11 heteroatoms. The van der Waals surface area contributed by atoms with Crippen molar-refractivity contribution in [1.29, 1.82) is 0 Å². The molecule has 1 rings (SSSR count). The van der Waals surface area contributed by atoms with Crippen LogP contribution in [0.3, 0.4) is 0 Å². The first-order valence-electron chi connectivity index (χ1n) is 8.92. The standard InChI is InChI=1S/C18H24N4O7/c1-4-28-16(24)18(20-13(3)23,17(25)29-5-2)11-6-12-19-21-14-7-9-15(10-8-14)22(26)27/h7-10,12,21H,4-6,11H2,1-3H3,(H,20,23). The number of carbonyl (C=O) groups is 3. The van der Waals surface area contributed by atoms with Gasteiger partial charge >= 0.3 is 11.9 Å². The van der Waals surface area contributed by atoms with Gasteiger partial charge in [0.2, 0.25) is 11.4 Å². The lowest BCUT2D eigenvalue weighted by Crippen LogP contribution is -2.61. The van der Waals surface area contributed by atoms with Crippen LogP contribution < -0.4 is 10.7 Å². The molecule has 0 bridgehead atoms. The molecular formula is C18H24N4O7. The van der Waals surface area contributed by atoms with Crippen molar-refractivity contribution in [1.82, 2.24) is 5.32 Å². The van der Waals surface area contributed by atoms with Gasteiger partial charge in [-0.3, -0.25) is 20.3 Å². The molecule has 0 radical (unpaired) electrons. The van der Waals surface area contributed by atoms with E-state index in [1.165, 1.54) is 37.4 Å². The highest BCUT2D eigenvalue weighted by Crippen LogP contribution is 2.19. The highest BCUT2D eigenvalue weighted by atomic mass is 16.6. The van der Waals surface area contributed by atoms with Gasteiger partial charge in [-0.1, -0.05) is 0 Å². The van der Waals surface area contributed by atoms with E-state index in [-0.39, 0.29) is 31.7 Å². The number of esters is 2. The fourth-order valence-corrected chi connectivity index (χ4v) is 2.38. The number of rotatable bonds is 11. The average molecular weight is 408 g/mol. The summed E-state index contributed by atoms with van der Waals surface area (Å²) < 4.78 is 9.93. The monoisotopic (exact) mass is 408 g/mol. The number of nitro groups is 1. The van der Waals surface area contributed by atoms with Crippen molar-refractivity contribution in [2.24, 2.45) is 5.10 Å². The van der Waals surface area contributed by atoms with Gasteiger partial charge in [0.05, 0.1) is 23.8 Å². The molecule has 0 aliphatic carbocycles. The van der Waals surface area contributed by atoms with Gasteiger partial charge < -0.3 is 14.8 Å². The van der Waals surface area contributed by atoms with Crippen molar-refractivity contribution in [2.45, 2.75) is 39.2 Å². The van der Waals surface area contributed by atoms with E-state index in [9.17, 15) is 24.5 Å². The molecular weight excluding hydrogens is 384 g/mol. The van der Waals surface area contributed by atoms with Crippen LogP contribution >= 0.6 is 0 Å². The maximum absolute atomic E-state index is 12.4. The zero-order valence-corrected chi connectivity index (χ0v) is 16.5. The van der Waals surface area contributed by atoms with E-state index < -0.39 is 28.3 Å². The minimum Gasteiger partial charge on any atom is -0.464 e. The third-order valence-corrected chi connectivity index (χ3v) is 3.65. The summed E-state index contributed by atoms with van der Waals surface area (Å²) in [6.07, 6.45) is 1.39. The molecule has 0 unspecified atom stereocenters. The number of nitro benzene ring substituents is 1. The lowest BCUT2D eigenvalue weighted by molar-refractivity contribution is -0.384. The summed E-state index contributed by atoms with van der Waals surface area (Å²) in [6.45, 7) is 4.39. The fourth-order valence-electron chi connectivity index (χ4n) is 2.38. The summed E-state index contributed by atoms with van der Waals surface area (Å²) in [5.41, 5.74) is 1.16. The van der Waals surface area contributed by atoms with Crippen molar-refractivity contribution in [3.8, 4) is 0 Å². The summed E-state index contributed by atoms with van der Waals surface area (Å²) in [5, 5.41) is 16.9. The predicted octanol–water partition coefficient (Wildman–Crippen LogP) is 1.77. The van der Waals surface area contributed by atoms with Crippen LogP contribution in [0.2, 0.25) is 0 Å². The number of hydrogen-bond donors (Lipinski definition) is 2. The molecule has 0 atom stereocenters. The average Bonchev–Trinajstić information content (AvgIpc) is 2.67. The van der Waals surface area contributed by atoms with E-state index >= 15 is 0 Å². The topological polar surface area (TPSA) is 149 Å². The lowest BCUT2D eigenvalue weighted by Gasteiger charge is -2.29. The van der Waals surface area contributed by atoms with E-state index in [0.717, 1.165) is 0 Å². The summed E-state index contributed by atoms with van der Waals surface area (Å²) >= 11 is 0. The molecule has 0 spiro atoms. The first-order valence-corrected chi connectivity index (χ1v) is 8.92. The van der Waals surface area contributed by atoms with E-state index in [1.807, 2.05) is 0 Å². The maximum atomic E-state index is 12.4. The van der Waals surface area contributed by atoms with E-state index in [4.69, 9.17) is 9.47 Å². The van der Waals surface area contributed by atoms with Gasteiger partial charge in [-0.05, 0) is 38.8 Å². The highest BCUT2D eigenvalue weighted by molar-refractivity contribution is 6.07. The van der Waals surface area contributed by atoms with E-state index in [0.29, 0.717) is 5.69 Å². The van der Waals surface area contributed by atoms with Crippen LogP contribution in [0.4, 0.5) is 11.4 Å². The number of carbonyl (C=O) groups excluding carboxylic acids is 3. The molecule has 0 aliphatic rings. The quantitative estimate of drug-likeness (QED) is 0.185. The minimum atomic E-state index is -1.97. The van der Waals surface area contributed by atoms with Gasteiger partial charge in [0, 0.05) is 25.3 Å². The number of ether oxygens (including phenoxy) is 2. The van der Waals surface area contributed by atoms with Crippen LogP contribution in [0.5, 0.6) is 0 Å². The van der Waals surface area contributed by atoms with Gasteiger partial charge in [0.1, 0.15) is 0 Å². The number of hydrazone groups is 1. The van der Waals surface area contributed by atoms with Crippen LogP contribution in [0.25, 0.3) is 0 Å². The molecule has 0 aromatic heterocycles. The molecule has 2 N–H and O–H groups in total. The minimum absolute atomic E-state index is 0.0232. The Morgan fingerprint density at radius 3 is 2.14 bits per heavy atom. The molecule has 0 saturated heterocycles. The van der Waals surface area contributed by atoms with Crippen LogP contribution in [0, 0.1) is 10.1 Å². The molecule has 11 nitrogen and oxygen atoms in total. The summed E-state index contributed by atoms with van der Waals surface area (Å²) in [6, 6.07) is 5.60. The Bertz CT molecular complexity index is 744. The number of hydrogen-bond acceptors (Lipinski definition) is 9. The second kappa shape index (κ2) is 11.4. The van der Waals surface area contributed by atoms with E-state index in [2.05, 4.69) is 15.8 Å². The number of anilines is 1. The third kappa shape index (κ3) is 6.87. The van der Waals surface area contributed by atoms with Gasteiger partial charge in [0.15, 0.2) is 0 Å². The molecule has 1 aromatic rings. The number of benzene rings is 1. The van der Waals surface area contributed by atoms with Crippen LogP contribution in [0.15, 0.2) is 29.4 Å². The van der Waals surface area contributed by atoms with Crippen LogP contribution in [-0.2, 0) is 23.9 Å². The number of amides is 1. The zero-order chi connectivity index (χ0) is 21.9. The van der Waals surface area contributed by atoms with E-state index in [1.54, 1.807) is 13.8 Å². The molecule has 1 aromatic carbocycles. The Morgan fingerprint density at radius 2 is 1.69 bits per heavy atom. The Morgan fingerprint density at radius 1 is 1.14 bits per heavy atom. The fraction of sp³-hybridized carbons (Fsp3) is 0.444. The zero-order valence-electron chi connectivity index (χ0n) is 16.5. The van der Waals surface area contributed by atoms with Crippen molar-refractivity contribution in [2.75, 3.05) is 18.6 Å². The Hall–Kier alpha value is -3.50. The molecule has 0 fully saturated rings. The SMILES string of the molecule is CCOC(=O)C(CCC=NNc1ccc([N+](=O)[O-])cc1)(NC(C)=O)C(=O)OCC. The Kier molecular flexibility index (Phi) is 9.23. The number of nitrogens with one attached hydrogen (secondary N) is 2. The van der Waals surface area contributed by atoms with Gasteiger partial charge in [-0.25, -0.2) is 9.59 Å². The van der Waals surface area contributed by atoms with Gasteiger partial charge in [-0.2, -0.15) is 5.10 Å². The number of nitrogens with zero attached hydrogens (tertiary/aromatic N) is 2. The molecule has 29 heavy (non-hydrogen) atoms. The second-order valence-electron chi connectivity index (χ2n) is 5.79. The first kappa shape index (κ1) is 23.5. The lowest BCUT2D eigenvalue weighted by atomic mass is 9.93. The number of non-ortho nitro benzene ring substituents is 1. The maximum Gasteiger partial charge on any atom is 0.343 e. The molecule has 158 valence electrons. The Balaban J connectivity index is 2.85. The van der Waals surface area contributed by atoms with Crippen molar-refractivity contribution in [3.05, 3.63) is 34.4 Å². The molecule has 1 amide bonds. The van der Waals surface area contributed by atoms with Crippen molar-refractivity contribution in [3.63, 3.8) is 0 Å². The normalized spacial score (nSPS) is 11.0. The second-order valence-corrected chi connectivity index (χ2v) is 5.79. The molecule has 0 heterocycles. The summed E-state index contributed by atoms with van der Waals surface area (Å²) in [4.78, 5) is 46.6. The largest absolute Gasteiger partial charge is 0.464 e. The molecule has 0 aliphatic heterocycles. The predicted molar refractivity (Wildman–Crippen MR) is 104 cm³/mol. The van der Waals surface area contributed by atoms with Crippen LogP contribution in [0.1, 0.15) is 33.6 Å². The highest BCUT2D eigenvalue weighted by Gasteiger charge is 2.49. The Labute approximate surface area is 167 Å². The third-order valence-electron chi connectivity index (χ3n) is 3.65. The van der Waals surface area contributed by atoms with Crippen molar-refractivity contribution >= 4 is 35.4 Å². The summed E-state index contributed by atoms with van der Waals surface area (Å²) in [5.74, 6) is -2.41. The molecule has 0 saturated carbocycles. The van der Waals surface area contributed by atoms with Gasteiger partial charge in [-0.15, -0.1) is 0 Å². The summed E-state index contributed by atoms with van der Waals surface area (Å²) in [7, 11) is 0. The van der Waals surface area contributed by atoms with Crippen molar-refractivity contribution < 1.29 is 28.8 Å².